The van der Waals surface area contributed by atoms with Gasteiger partial charge >= 0.3 is 0 Å². The van der Waals surface area contributed by atoms with Crippen LogP contribution in [0.1, 0.15) is 29.4 Å². The normalized spacial score (nSPS) is 12.7. The lowest BCUT2D eigenvalue weighted by Crippen LogP contribution is -2.24. The lowest BCUT2D eigenvalue weighted by atomic mass is 10.1. The monoisotopic (exact) mass is 297 g/mol. The van der Waals surface area contributed by atoms with Gasteiger partial charge in [0.2, 0.25) is 0 Å². The molecule has 0 fully saturated rings. The summed E-state index contributed by atoms with van der Waals surface area (Å²) < 4.78 is 1.25. The molecule has 108 valence electrons. The highest BCUT2D eigenvalue weighted by atomic mass is 32.1. The van der Waals surface area contributed by atoms with Gasteiger partial charge in [-0.1, -0.05) is 25.1 Å². The van der Waals surface area contributed by atoms with Crippen molar-refractivity contribution in [1.82, 2.24) is 15.3 Å². The number of aryl methyl sites for hydroxylation is 1. The summed E-state index contributed by atoms with van der Waals surface area (Å²) in [5.41, 5.74) is 3.24. The number of nitrogens with zero attached hydrogens (tertiary/aromatic N) is 2. The molecule has 1 aromatic carbocycles. The standard InChI is InChI=1S/C17H19N3S/c1-3-18-15(13-9-6-7-12(2)19-13)11-17-20-14-8-4-5-10-16(14)21-17/h4-10,15,18H,3,11H2,1-2H3. The van der Waals surface area contributed by atoms with Crippen LogP contribution in [0.4, 0.5) is 0 Å². The van der Waals surface area contributed by atoms with E-state index < -0.39 is 0 Å². The third-order valence-corrected chi connectivity index (χ3v) is 4.49. The van der Waals surface area contributed by atoms with E-state index in [-0.39, 0.29) is 6.04 Å². The zero-order chi connectivity index (χ0) is 14.7. The van der Waals surface area contributed by atoms with Gasteiger partial charge in [-0.3, -0.25) is 4.98 Å². The molecule has 0 saturated heterocycles. The molecule has 0 saturated carbocycles. The van der Waals surface area contributed by atoms with E-state index in [2.05, 4.69) is 47.6 Å². The predicted octanol–water partition coefficient (Wildman–Crippen LogP) is 3.89. The number of rotatable bonds is 5. The number of hydrogen-bond donors (Lipinski definition) is 1. The van der Waals surface area contributed by atoms with Crippen molar-refractivity contribution < 1.29 is 0 Å². The van der Waals surface area contributed by atoms with Crippen LogP contribution in [0.3, 0.4) is 0 Å². The van der Waals surface area contributed by atoms with Gasteiger partial charge in [-0.05, 0) is 37.7 Å². The molecule has 0 spiro atoms. The fourth-order valence-electron chi connectivity index (χ4n) is 2.47. The number of benzene rings is 1. The molecule has 0 amide bonds. The van der Waals surface area contributed by atoms with Crippen LogP contribution < -0.4 is 5.32 Å². The van der Waals surface area contributed by atoms with Crippen molar-refractivity contribution in [2.75, 3.05) is 6.54 Å². The maximum Gasteiger partial charge on any atom is 0.0958 e. The second-order valence-corrected chi connectivity index (χ2v) is 6.21. The maximum atomic E-state index is 4.73. The Bertz CT molecular complexity index is 702. The van der Waals surface area contributed by atoms with Gasteiger partial charge in [0, 0.05) is 12.1 Å². The highest BCUT2D eigenvalue weighted by Crippen LogP contribution is 2.25. The van der Waals surface area contributed by atoms with Crippen molar-refractivity contribution in [1.29, 1.82) is 0 Å². The van der Waals surface area contributed by atoms with Gasteiger partial charge in [0.15, 0.2) is 0 Å². The van der Waals surface area contributed by atoms with Gasteiger partial charge in [0.05, 0.1) is 27.0 Å². The van der Waals surface area contributed by atoms with Crippen LogP contribution in [-0.2, 0) is 6.42 Å². The SMILES string of the molecule is CCNC(Cc1nc2ccccc2s1)c1cccc(C)n1. The summed E-state index contributed by atoms with van der Waals surface area (Å²) in [6, 6.07) is 14.7. The van der Waals surface area contributed by atoms with Gasteiger partial charge in [-0.25, -0.2) is 4.98 Å². The number of fused-ring (bicyclic) bond motifs is 1. The summed E-state index contributed by atoms with van der Waals surface area (Å²) in [6.07, 6.45) is 0.879. The van der Waals surface area contributed by atoms with Gasteiger partial charge in [-0.2, -0.15) is 0 Å². The number of pyridine rings is 1. The maximum absolute atomic E-state index is 4.73. The first-order valence-corrected chi connectivity index (χ1v) is 8.09. The van der Waals surface area contributed by atoms with Crippen molar-refractivity contribution in [2.45, 2.75) is 26.3 Å². The second kappa shape index (κ2) is 6.33. The van der Waals surface area contributed by atoms with E-state index >= 15 is 0 Å². The number of thiazole rings is 1. The molecule has 3 rings (SSSR count). The molecule has 2 aromatic heterocycles. The minimum Gasteiger partial charge on any atom is -0.309 e. The zero-order valence-corrected chi connectivity index (χ0v) is 13.2. The molecular weight excluding hydrogens is 278 g/mol. The number of para-hydroxylation sites is 1. The van der Waals surface area contributed by atoms with Crippen LogP contribution in [0.2, 0.25) is 0 Å². The third kappa shape index (κ3) is 3.28. The number of nitrogens with one attached hydrogen (secondary N) is 1. The fourth-order valence-corrected chi connectivity index (χ4v) is 3.48. The van der Waals surface area contributed by atoms with Crippen LogP contribution in [0.25, 0.3) is 10.2 Å². The van der Waals surface area contributed by atoms with Crippen LogP contribution in [0, 0.1) is 6.92 Å². The molecule has 3 nitrogen and oxygen atoms in total. The molecule has 1 N–H and O–H groups in total. The summed E-state index contributed by atoms with van der Waals surface area (Å²) in [4.78, 5) is 9.39. The molecule has 1 unspecified atom stereocenters. The van der Waals surface area contributed by atoms with E-state index in [4.69, 9.17) is 4.98 Å². The molecule has 1 atom stereocenters. The van der Waals surface area contributed by atoms with Gasteiger partial charge in [0.1, 0.15) is 0 Å². The van der Waals surface area contributed by atoms with E-state index in [9.17, 15) is 0 Å². The summed E-state index contributed by atoms with van der Waals surface area (Å²) in [6.45, 7) is 5.08. The van der Waals surface area contributed by atoms with E-state index in [1.165, 1.54) is 4.70 Å². The second-order valence-electron chi connectivity index (χ2n) is 5.09. The molecule has 0 bridgehead atoms. The lowest BCUT2D eigenvalue weighted by molar-refractivity contribution is 0.535. The summed E-state index contributed by atoms with van der Waals surface area (Å²) in [5.74, 6) is 0. The molecular formula is C17H19N3S. The Hall–Kier alpha value is -1.78. The van der Waals surface area contributed by atoms with Crippen LogP contribution in [-0.4, -0.2) is 16.5 Å². The van der Waals surface area contributed by atoms with E-state index in [0.717, 1.165) is 34.9 Å². The Morgan fingerprint density at radius 3 is 2.71 bits per heavy atom. The van der Waals surface area contributed by atoms with Crippen molar-refractivity contribution >= 4 is 21.6 Å². The molecule has 0 aliphatic rings. The van der Waals surface area contributed by atoms with Gasteiger partial charge < -0.3 is 5.32 Å². The summed E-state index contributed by atoms with van der Waals surface area (Å²) in [7, 11) is 0. The highest BCUT2D eigenvalue weighted by molar-refractivity contribution is 7.18. The number of hydrogen-bond acceptors (Lipinski definition) is 4. The Morgan fingerprint density at radius 1 is 1.10 bits per heavy atom. The Kier molecular flexibility index (Phi) is 4.27. The largest absolute Gasteiger partial charge is 0.309 e. The molecule has 4 heteroatoms. The van der Waals surface area contributed by atoms with E-state index in [0.29, 0.717) is 0 Å². The van der Waals surface area contributed by atoms with Gasteiger partial charge in [-0.15, -0.1) is 11.3 Å². The smallest absolute Gasteiger partial charge is 0.0958 e. The van der Waals surface area contributed by atoms with Crippen molar-refractivity contribution in [3.8, 4) is 0 Å². The molecule has 21 heavy (non-hydrogen) atoms. The Morgan fingerprint density at radius 2 is 1.95 bits per heavy atom. The summed E-state index contributed by atoms with van der Waals surface area (Å²) >= 11 is 1.77. The highest BCUT2D eigenvalue weighted by Gasteiger charge is 2.15. The average Bonchev–Trinajstić information content (AvgIpc) is 2.89. The average molecular weight is 297 g/mol. The Balaban J connectivity index is 1.87. The van der Waals surface area contributed by atoms with Crippen LogP contribution in [0.15, 0.2) is 42.5 Å². The lowest BCUT2D eigenvalue weighted by Gasteiger charge is -2.16. The van der Waals surface area contributed by atoms with Crippen LogP contribution >= 0.6 is 11.3 Å². The van der Waals surface area contributed by atoms with Crippen molar-refractivity contribution in [3.05, 3.63) is 58.9 Å². The third-order valence-electron chi connectivity index (χ3n) is 3.43. The van der Waals surface area contributed by atoms with Gasteiger partial charge in [0.25, 0.3) is 0 Å². The first-order valence-electron chi connectivity index (χ1n) is 7.27. The molecule has 2 heterocycles. The minimum atomic E-state index is 0.218. The minimum absolute atomic E-state index is 0.218. The molecule has 3 aromatic rings. The predicted molar refractivity (Wildman–Crippen MR) is 88.7 cm³/mol. The van der Waals surface area contributed by atoms with Crippen molar-refractivity contribution in [3.63, 3.8) is 0 Å². The molecule has 0 aliphatic heterocycles. The van der Waals surface area contributed by atoms with E-state index in [1.54, 1.807) is 11.3 Å². The number of aromatic nitrogens is 2. The Labute approximate surface area is 129 Å². The first-order chi connectivity index (χ1) is 10.3. The van der Waals surface area contributed by atoms with Crippen LogP contribution in [0.5, 0.6) is 0 Å². The molecule has 0 aliphatic carbocycles. The fraction of sp³-hybridized carbons (Fsp3) is 0.294. The number of likely N-dealkylation sites (N-methyl/N-ethyl adjacent to an activating group) is 1. The topological polar surface area (TPSA) is 37.8 Å². The first kappa shape index (κ1) is 14.2. The quantitative estimate of drug-likeness (QED) is 0.776. The van der Waals surface area contributed by atoms with Crippen molar-refractivity contribution in [2.24, 2.45) is 0 Å². The summed E-state index contributed by atoms with van der Waals surface area (Å²) in [5, 5.41) is 4.68. The zero-order valence-electron chi connectivity index (χ0n) is 12.3. The molecule has 0 radical (unpaired) electrons. The van der Waals surface area contributed by atoms with E-state index in [1.807, 2.05) is 19.1 Å².